The molecule has 33 heavy (non-hydrogen) atoms. The van der Waals surface area contributed by atoms with Gasteiger partial charge in [0.2, 0.25) is 5.91 Å². The van der Waals surface area contributed by atoms with Crippen molar-refractivity contribution in [1.82, 2.24) is 0 Å². The third-order valence-electron chi connectivity index (χ3n) is 5.81. The maximum absolute atomic E-state index is 14.1. The number of carbonyl (C=O) groups excluding carboxylic acids is 2. The summed E-state index contributed by atoms with van der Waals surface area (Å²) in [6.07, 6.45) is 0. The van der Waals surface area contributed by atoms with Crippen LogP contribution in [-0.2, 0) is 30.8 Å². The summed E-state index contributed by atoms with van der Waals surface area (Å²) in [5.41, 5.74) is 0.789. The van der Waals surface area contributed by atoms with Crippen LogP contribution in [0.15, 0.2) is 66.7 Å². The van der Waals surface area contributed by atoms with Crippen molar-refractivity contribution in [3.05, 3.63) is 94.5 Å². The van der Waals surface area contributed by atoms with Gasteiger partial charge in [0.1, 0.15) is 5.75 Å². The Morgan fingerprint density at radius 3 is 2.42 bits per heavy atom. The minimum Gasteiger partial charge on any atom is -0.304 e. The fourth-order valence-corrected chi connectivity index (χ4v) is 6.74. The molecule has 0 bridgehead atoms. The maximum Gasteiger partial charge on any atom is 0.274 e. The van der Waals surface area contributed by atoms with E-state index in [4.69, 9.17) is 11.6 Å². The van der Waals surface area contributed by atoms with Gasteiger partial charge < -0.3 is 4.90 Å². The van der Waals surface area contributed by atoms with Crippen molar-refractivity contribution < 1.29 is 26.8 Å². The predicted molar refractivity (Wildman–Crippen MR) is 118 cm³/mol. The molecule has 0 N–H and O–H groups in total. The molecule has 0 aromatic heterocycles. The number of anilines is 2. The Morgan fingerprint density at radius 2 is 1.70 bits per heavy atom. The van der Waals surface area contributed by atoms with E-state index < -0.39 is 43.9 Å². The summed E-state index contributed by atoms with van der Waals surface area (Å²) in [4.78, 5) is 26.5. The van der Waals surface area contributed by atoms with Crippen molar-refractivity contribution >= 4 is 44.6 Å². The summed E-state index contributed by atoms with van der Waals surface area (Å²) in [6, 6.07) is 15.5. The number of sulfone groups is 1. The molecule has 0 unspecified atom stereocenters. The highest BCUT2D eigenvalue weighted by molar-refractivity contribution is 7.94. The van der Waals surface area contributed by atoms with Gasteiger partial charge in [-0.1, -0.05) is 41.9 Å². The Kier molecular flexibility index (Phi) is 4.80. The van der Waals surface area contributed by atoms with Gasteiger partial charge in [-0.25, -0.2) is 17.2 Å². The molecule has 0 aliphatic carbocycles. The van der Waals surface area contributed by atoms with Crippen molar-refractivity contribution in [2.24, 2.45) is 0 Å². The van der Waals surface area contributed by atoms with E-state index in [1.165, 1.54) is 11.0 Å². The standard InChI is InChI=1S/C23H15ClF2N2O4S/c24-15-5-3-4-14(10-15)12-27-20-7-2-1-6-17(20)23(22(27)30)28(21(29)13-33(23,31)32)16-8-9-18(25)19(26)11-16/h1-11H,12-13H2/t23-/m0/s1. The first kappa shape index (κ1) is 21.5. The van der Waals surface area contributed by atoms with Crippen molar-refractivity contribution in [2.45, 2.75) is 11.4 Å². The molecule has 10 heteroatoms. The molecule has 1 saturated heterocycles. The van der Waals surface area contributed by atoms with Crippen LogP contribution in [0.3, 0.4) is 0 Å². The first-order valence-corrected chi connectivity index (χ1v) is 11.9. The van der Waals surface area contributed by atoms with Gasteiger partial charge in [-0.3, -0.25) is 14.5 Å². The lowest BCUT2D eigenvalue weighted by Gasteiger charge is -2.32. The Hall–Kier alpha value is -3.30. The van der Waals surface area contributed by atoms with Crippen molar-refractivity contribution in [3.8, 4) is 0 Å². The average Bonchev–Trinajstić information content (AvgIpc) is 3.13. The number of amides is 2. The predicted octanol–water partition coefficient (Wildman–Crippen LogP) is 3.78. The maximum atomic E-state index is 14.1. The molecular weight excluding hydrogens is 474 g/mol. The van der Waals surface area contributed by atoms with E-state index >= 15 is 0 Å². The highest BCUT2D eigenvalue weighted by Gasteiger charge is 2.69. The zero-order chi connectivity index (χ0) is 23.5. The summed E-state index contributed by atoms with van der Waals surface area (Å²) in [5.74, 6) is -5.16. The second-order valence-corrected chi connectivity index (χ2v) is 10.3. The zero-order valence-corrected chi connectivity index (χ0v) is 18.4. The first-order chi connectivity index (χ1) is 15.7. The number of halogens is 3. The topological polar surface area (TPSA) is 74.8 Å². The number of nitrogens with zero attached hydrogens (tertiary/aromatic N) is 2. The van der Waals surface area contributed by atoms with Gasteiger partial charge in [0.15, 0.2) is 21.5 Å². The minimum absolute atomic E-state index is 0.00646. The molecule has 1 spiro atoms. The number of fused-ring (bicyclic) bond motifs is 2. The Bertz CT molecular complexity index is 1450. The normalized spacial score (nSPS) is 21.2. The van der Waals surface area contributed by atoms with E-state index in [-0.39, 0.29) is 17.8 Å². The van der Waals surface area contributed by atoms with Crippen LogP contribution in [0.2, 0.25) is 5.02 Å². The van der Waals surface area contributed by atoms with Crippen LogP contribution in [0.25, 0.3) is 0 Å². The highest BCUT2D eigenvalue weighted by Crippen LogP contribution is 2.52. The number of hydrogen-bond acceptors (Lipinski definition) is 4. The third kappa shape index (κ3) is 2.99. The van der Waals surface area contributed by atoms with Gasteiger partial charge in [-0.15, -0.1) is 0 Å². The zero-order valence-electron chi connectivity index (χ0n) is 16.8. The molecule has 3 aromatic rings. The van der Waals surface area contributed by atoms with E-state index in [0.717, 1.165) is 17.0 Å². The van der Waals surface area contributed by atoms with Gasteiger partial charge in [0.25, 0.3) is 10.8 Å². The summed E-state index contributed by atoms with van der Waals surface area (Å²) >= 11 is 6.06. The van der Waals surface area contributed by atoms with E-state index in [9.17, 15) is 26.8 Å². The van der Waals surface area contributed by atoms with E-state index in [1.54, 1.807) is 42.5 Å². The number of hydrogen-bond donors (Lipinski definition) is 0. The molecule has 2 heterocycles. The number of rotatable bonds is 3. The van der Waals surface area contributed by atoms with Crippen LogP contribution in [-0.4, -0.2) is 26.0 Å². The van der Waals surface area contributed by atoms with Gasteiger partial charge in [0.05, 0.1) is 12.2 Å². The lowest BCUT2D eigenvalue weighted by atomic mass is 10.0. The quantitative estimate of drug-likeness (QED) is 0.562. The molecule has 2 aliphatic rings. The van der Waals surface area contributed by atoms with Crippen LogP contribution in [0, 0.1) is 11.6 Å². The summed E-state index contributed by atoms with van der Waals surface area (Å²) in [6.45, 7) is -0.00646. The SMILES string of the molecule is O=C1CS(=O)(=O)[C@@]2(C(=O)N(Cc3cccc(Cl)c3)c3ccccc32)N1c1ccc(F)c(F)c1. The van der Waals surface area contributed by atoms with Crippen molar-refractivity contribution in [2.75, 3.05) is 15.6 Å². The summed E-state index contributed by atoms with van der Waals surface area (Å²) in [5, 5.41) is 0.439. The van der Waals surface area contributed by atoms with Crippen molar-refractivity contribution in [1.29, 1.82) is 0 Å². The molecule has 1 atom stereocenters. The largest absolute Gasteiger partial charge is 0.304 e. The fraction of sp³-hybridized carbons (Fsp3) is 0.130. The van der Waals surface area contributed by atoms with Crippen molar-refractivity contribution in [3.63, 3.8) is 0 Å². The van der Waals surface area contributed by atoms with Gasteiger partial charge >= 0.3 is 0 Å². The van der Waals surface area contributed by atoms with Crippen LogP contribution in [0.4, 0.5) is 20.2 Å². The van der Waals surface area contributed by atoms with E-state index in [1.807, 2.05) is 0 Å². The second kappa shape index (κ2) is 7.36. The molecule has 2 aliphatic heterocycles. The van der Waals surface area contributed by atoms with Crippen LogP contribution >= 0.6 is 11.6 Å². The lowest BCUT2D eigenvalue weighted by Crippen LogP contribution is -2.54. The van der Waals surface area contributed by atoms with Gasteiger partial charge in [-0.05, 0) is 35.9 Å². The van der Waals surface area contributed by atoms with Crippen LogP contribution in [0.5, 0.6) is 0 Å². The molecular formula is C23H15ClF2N2O4S. The van der Waals surface area contributed by atoms with E-state index in [0.29, 0.717) is 22.3 Å². The van der Waals surface area contributed by atoms with Crippen LogP contribution < -0.4 is 9.80 Å². The first-order valence-electron chi connectivity index (χ1n) is 9.83. The average molecular weight is 489 g/mol. The van der Waals surface area contributed by atoms with Gasteiger partial charge in [0, 0.05) is 22.3 Å². The summed E-state index contributed by atoms with van der Waals surface area (Å²) < 4.78 is 54.5. The molecule has 3 aromatic carbocycles. The Balaban J connectivity index is 1.74. The highest BCUT2D eigenvalue weighted by atomic mass is 35.5. The Morgan fingerprint density at radius 1 is 0.939 bits per heavy atom. The molecule has 168 valence electrons. The van der Waals surface area contributed by atoms with Crippen LogP contribution in [0.1, 0.15) is 11.1 Å². The lowest BCUT2D eigenvalue weighted by molar-refractivity contribution is -0.123. The molecule has 0 radical (unpaired) electrons. The second-order valence-electron chi connectivity index (χ2n) is 7.77. The third-order valence-corrected chi connectivity index (χ3v) is 8.15. The number of para-hydroxylation sites is 1. The smallest absolute Gasteiger partial charge is 0.274 e. The number of carbonyl (C=O) groups is 2. The monoisotopic (exact) mass is 488 g/mol. The van der Waals surface area contributed by atoms with E-state index in [2.05, 4.69) is 0 Å². The minimum atomic E-state index is -4.41. The molecule has 2 amide bonds. The molecule has 1 fully saturated rings. The summed E-state index contributed by atoms with van der Waals surface area (Å²) in [7, 11) is -4.41. The molecule has 0 saturated carbocycles. The molecule has 5 rings (SSSR count). The fourth-order valence-electron chi connectivity index (χ4n) is 4.49. The Labute approximate surface area is 192 Å². The molecule has 6 nitrogen and oxygen atoms in total. The number of benzene rings is 3. The van der Waals surface area contributed by atoms with Gasteiger partial charge in [-0.2, -0.15) is 0 Å².